The van der Waals surface area contributed by atoms with Gasteiger partial charge in [0.25, 0.3) is 0 Å². The number of nitrogens with zero attached hydrogens (tertiary/aromatic N) is 2. The lowest BCUT2D eigenvalue weighted by Gasteiger charge is -2.18. The number of pyridine rings is 1. The third kappa shape index (κ3) is 4.94. The zero-order valence-corrected chi connectivity index (χ0v) is 16.0. The predicted octanol–water partition coefficient (Wildman–Crippen LogP) is 2.12. The van der Waals surface area contributed by atoms with E-state index in [2.05, 4.69) is 10.3 Å². The van der Waals surface area contributed by atoms with E-state index in [1.54, 1.807) is 26.0 Å². The lowest BCUT2D eigenvalue weighted by atomic mass is 10.2. The van der Waals surface area contributed by atoms with Crippen molar-refractivity contribution in [3.63, 3.8) is 0 Å². The van der Waals surface area contributed by atoms with Gasteiger partial charge in [0.1, 0.15) is 4.90 Å². The predicted molar refractivity (Wildman–Crippen MR) is 95.4 cm³/mol. The Bertz CT molecular complexity index is 654. The van der Waals surface area contributed by atoms with Gasteiger partial charge in [0.05, 0.1) is 10.8 Å². The number of carbonyl (C=O) groups is 1. The SMILES string of the molecule is CCN(CC)S(=O)(=O)c1ccc(SCC(=O)NC(C)C2CC2)nc1. The topological polar surface area (TPSA) is 79.4 Å². The maximum absolute atomic E-state index is 12.4. The van der Waals surface area contributed by atoms with Crippen LogP contribution in [0.4, 0.5) is 0 Å². The fourth-order valence-electron chi connectivity index (χ4n) is 2.47. The Kier molecular flexibility index (Phi) is 6.65. The van der Waals surface area contributed by atoms with Gasteiger partial charge in [0.2, 0.25) is 15.9 Å². The van der Waals surface area contributed by atoms with Crippen LogP contribution < -0.4 is 5.32 Å². The number of thioether (sulfide) groups is 1. The average molecular weight is 372 g/mol. The van der Waals surface area contributed by atoms with Gasteiger partial charge in [-0.3, -0.25) is 4.79 Å². The second kappa shape index (κ2) is 8.31. The van der Waals surface area contributed by atoms with Crippen LogP contribution in [0, 0.1) is 5.92 Å². The minimum Gasteiger partial charge on any atom is -0.353 e. The lowest BCUT2D eigenvalue weighted by Crippen LogP contribution is -2.35. The molecule has 134 valence electrons. The quantitative estimate of drug-likeness (QED) is 0.673. The molecular formula is C16H25N3O3S2. The van der Waals surface area contributed by atoms with Crippen LogP contribution in [0.5, 0.6) is 0 Å². The first-order valence-corrected chi connectivity index (χ1v) is 10.7. The van der Waals surface area contributed by atoms with E-state index in [0.717, 1.165) is 0 Å². The molecule has 0 spiro atoms. The van der Waals surface area contributed by atoms with E-state index in [1.807, 2.05) is 6.92 Å². The summed E-state index contributed by atoms with van der Waals surface area (Å²) in [6, 6.07) is 3.43. The van der Waals surface area contributed by atoms with Gasteiger partial charge >= 0.3 is 0 Å². The smallest absolute Gasteiger partial charge is 0.244 e. The number of hydrogen-bond donors (Lipinski definition) is 1. The van der Waals surface area contributed by atoms with Crippen molar-refractivity contribution in [3.8, 4) is 0 Å². The number of sulfonamides is 1. The van der Waals surface area contributed by atoms with Crippen molar-refractivity contribution in [1.29, 1.82) is 0 Å². The Hall–Kier alpha value is -1.12. The first-order valence-electron chi connectivity index (χ1n) is 8.26. The van der Waals surface area contributed by atoms with Crippen molar-refractivity contribution in [2.75, 3.05) is 18.8 Å². The Morgan fingerprint density at radius 3 is 2.54 bits per heavy atom. The van der Waals surface area contributed by atoms with Crippen molar-refractivity contribution in [2.24, 2.45) is 5.92 Å². The molecule has 1 unspecified atom stereocenters. The van der Waals surface area contributed by atoms with Gasteiger partial charge in [-0.05, 0) is 37.8 Å². The molecule has 0 aromatic carbocycles. The number of rotatable bonds is 9. The molecule has 1 saturated carbocycles. The van der Waals surface area contributed by atoms with Crippen LogP contribution in [0.1, 0.15) is 33.6 Å². The highest BCUT2D eigenvalue weighted by atomic mass is 32.2. The first-order chi connectivity index (χ1) is 11.4. The molecule has 6 nitrogen and oxygen atoms in total. The van der Waals surface area contributed by atoms with Gasteiger partial charge in [0, 0.05) is 25.3 Å². The molecule has 1 fully saturated rings. The van der Waals surface area contributed by atoms with E-state index in [9.17, 15) is 13.2 Å². The van der Waals surface area contributed by atoms with Gasteiger partial charge in [-0.1, -0.05) is 25.6 Å². The van der Waals surface area contributed by atoms with Gasteiger partial charge < -0.3 is 5.32 Å². The van der Waals surface area contributed by atoms with Gasteiger partial charge in [-0.25, -0.2) is 13.4 Å². The largest absolute Gasteiger partial charge is 0.353 e. The summed E-state index contributed by atoms with van der Waals surface area (Å²) in [4.78, 5) is 16.2. The summed E-state index contributed by atoms with van der Waals surface area (Å²) in [7, 11) is -3.49. The number of amides is 1. The second-order valence-electron chi connectivity index (χ2n) is 5.90. The highest BCUT2D eigenvalue weighted by Gasteiger charge is 2.28. The maximum Gasteiger partial charge on any atom is 0.244 e. The molecule has 1 aliphatic carbocycles. The van der Waals surface area contributed by atoms with Crippen molar-refractivity contribution in [2.45, 2.75) is 49.6 Å². The Balaban J connectivity index is 1.90. The fourth-order valence-corrected chi connectivity index (χ4v) is 4.52. The van der Waals surface area contributed by atoms with Crippen LogP contribution in [-0.2, 0) is 14.8 Å². The van der Waals surface area contributed by atoms with Crippen molar-refractivity contribution < 1.29 is 13.2 Å². The van der Waals surface area contributed by atoms with Crippen LogP contribution in [0.2, 0.25) is 0 Å². The molecule has 0 saturated heterocycles. The summed E-state index contributed by atoms with van der Waals surface area (Å²) in [6.07, 6.45) is 3.75. The summed E-state index contributed by atoms with van der Waals surface area (Å²) in [6.45, 7) is 6.49. The average Bonchev–Trinajstić information content (AvgIpc) is 3.39. The molecule has 0 aliphatic heterocycles. The molecule has 2 rings (SSSR count). The monoisotopic (exact) mass is 371 g/mol. The highest BCUT2D eigenvalue weighted by Crippen LogP contribution is 2.32. The molecule has 1 heterocycles. The van der Waals surface area contributed by atoms with Crippen molar-refractivity contribution in [3.05, 3.63) is 18.3 Å². The molecule has 24 heavy (non-hydrogen) atoms. The molecule has 0 radical (unpaired) electrons. The molecular weight excluding hydrogens is 346 g/mol. The van der Waals surface area contributed by atoms with E-state index in [4.69, 9.17) is 0 Å². The van der Waals surface area contributed by atoms with Crippen LogP contribution in [0.15, 0.2) is 28.3 Å². The van der Waals surface area contributed by atoms with Gasteiger partial charge in [0.15, 0.2) is 0 Å². The standard InChI is InChI=1S/C16H25N3O3S2/c1-4-19(5-2)24(21,22)14-8-9-16(17-10-14)23-11-15(20)18-12(3)13-6-7-13/h8-10,12-13H,4-7,11H2,1-3H3,(H,18,20). The summed E-state index contributed by atoms with van der Waals surface area (Å²) in [5.74, 6) is 0.898. The van der Waals surface area contributed by atoms with Crippen LogP contribution in [-0.4, -0.2) is 48.5 Å². The number of nitrogens with one attached hydrogen (secondary N) is 1. The third-order valence-corrected chi connectivity index (χ3v) is 7.10. The minimum absolute atomic E-state index is 0.0129. The first kappa shape index (κ1) is 19.2. The van der Waals surface area contributed by atoms with E-state index in [1.165, 1.54) is 35.1 Å². The normalized spacial score (nSPS) is 16.2. The number of aromatic nitrogens is 1. The van der Waals surface area contributed by atoms with Gasteiger partial charge in [-0.15, -0.1) is 0 Å². The molecule has 1 aromatic heterocycles. The fraction of sp³-hybridized carbons (Fsp3) is 0.625. The van der Waals surface area contributed by atoms with Crippen LogP contribution in [0.3, 0.4) is 0 Å². The molecule has 1 aromatic rings. The Morgan fingerprint density at radius 2 is 2.04 bits per heavy atom. The maximum atomic E-state index is 12.4. The van der Waals surface area contributed by atoms with E-state index in [-0.39, 0.29) is 22.6 Å². The number of hydrogen-bond acceptors (Lipinski definition) is 5. The zero-order valence-electron chi connectivity index (χ0n) is 14.4. The Labute approximate surface area is 148 Å². The molecule has 1 atom stereocenters. The Morgan fingerprint density at radius 1 is 1.38 bits per heavy atom. The lowest BCUT2D eigenvalue weighted by molar-refractivity contribution is -0.119. The molecule has 0 bridgehead atoms. The zero-order chi connectivity index (χ0) is 17.7. The van der Waals surface area contributed by atoms with E-state index < -0.39 is 10.0 Å². The summed E-state index contributed by atoms with van der Waals surface area (Å²) in [5, 5.41) is 3.63. The van der Waals surface area contributed by atoms with E-state index in [0.29, 0.717) is 24.0 Å². The van der Waals surface area contributed by atoms with E-state index >= 15 is 0 Å². The van der Waals surface area contributed by atoms with Crippen LogP contribution >= 0.6 is 11.8 Å². The molecule has 1 N–H and O–H groups in total. The second-order valence-corrected chi connectivity index (χ2v) is 8.84. The van der Waals surface area contributed by atoms with Crippen LogP contribution in [0.25, 0.3) is 0 Å². The van der Waals surface area contributed by atoms with Gasteiger partial charge in [-0.2, -0.15) is 4.31 Å². The molecule has 1 aliphatic rings. The summed E-state index contributed by atoms with van der Waals surface area (Å²) in [5.41, 5.74) is 0. The molecule has 1 amide bonds. The third-order valence-electron chi connectivity index (χ3n) is 4.12. The molecule has 8 heteroatoms. The number of carbonyl (C=O) groups excluding carboxylic acids is 1. The van der Waals surface area contributed by atoms with Crippen molar-refractivity contribution >= 4 is 27.7 Å². The summed E-state index contributed by atoms with van der Waals surface area (Å²) >= 11 is 1.31. The minimum atomic E-state index is -3.49. The highest BCUT2D eigenvalue weighted by molar-refractivity contribution is 7.99. The van der Waals surface area contributed by atoms with Crippen molar-refractivity contribution in [1.82, 2.24) is 14.6 Å². The summed E-state index contributed by atoms with van der Waals surface area (Å²) < 4.78 is 26.1.